The first-order valence-electron chi connectivity index (χ1n) is 5.21. The molecule has 18 heavy (non-hydrogen) atoms. The van der Waals surface area contributed by atoms with Crippen LogP contribution in [0.2, 0.25) is 0 Å². The first-order chi connectivity index (χ1) is 8.47. The van der Waals surface area contributed by atoms with E-state index in [4.69, 9.17) is 14.6 Å². The number of rotatable bonds is 2. The van der Waals surface area contributed by atoms with Gasteiger partial charge in [-0.1, -0.05) is 6.08 Å². The number of ether oxygens (including phenoxy) is 2. The number of hydrogen-bond acceptors (Lipinski definition) is 5. The standard InChI is InChI=1S/C12H10O6/c1-6(13)17-7-2-3-8-9(14)5-11(12(15)16)18-10(8)4-7/h2-5,8,10H,1H3,(H,15,16)/t8-,10+/m1/s1. The van der Waals surface area contributed by atoms with Gasteiger partial charge in [-0.15, -0.1) is 0 Å². The second-order valence-electron chi connectivity index (χ2n) is 3.85. The minimum absolute atomic E-state index is 0.239. The van der Waals surface area contributed by atoms with Crippen LogP contribution in [0.15, 0.2) is 35.8 Å². The minimum Gasteiger partial charge on any atom is -0.478 e. The van der Waals surface area contributed by atoms with Crippen molar-refractivity contribution in [3.63, 3.8) is 0 Å². The zero-order valence-corrected chi connectivity index (χ0v) is 9.45. The SMILES string of the molecule is CC(=O)OC1=C[C@@H]2OC(C(=O)O)=CC(=O)[C@H]2C=C1. The number of ketones is 1. The fraction of sp³-hybridized carbons (Fsp3) is 0.250. The lowest BCUT2D eigenvalue weighted by Crippen LogP contribution is -2.34. The Hall–Kier alpha value is -2.37. The van der Waals surface area contributed by atoms with E-state index in [0.717, 1.165) is 6.08 Å². The Labute approximate surface area is 102 Å². The van der Waals surface area contributed by atoms with Gasteiger partial charge in [0.05, 0.1) is 5.92 Å². The van der Waals surface area contributed by atoms with E-state index in [0.29, 0.717) is 0 Å². The molecule has 0 radical (unpaired) electrons. The van der Waals surface area contributed by atoms with Gasteiger partial charge in [-0.2, -0.15) is 0 Å². The van der Waals surface area contributed by atoms with E-state index in [2.05, 4.69) is 0 Å². The molecular weight excluding hydrogens is 240 g/mol. The average Bonchev–Trinajstić information content (AvgIpc) is 2.27. The fourth-order valence-electron chi connectivity index (χ4n) is 1.75. The first-order valence-corrected chi connectivity index (χ1v) is 5.21. The van der Waals surface area contributed by atoms with Gasteiger partial charge in [-0.05, 0) is 12.2 Å². The van der Waals surface area contributed by atoms with E-state index in [1.165, 1.54) is 25.2 Å². The van der Waals surface area contributed by atoms with E-state index in [-0.39, 0.29) is 11.5 Å². The molecule has 0 fully saturated rings. The van der Waals surface area contributed by atoms with Crippen LogP contribution in [0.1, 0.15) is 6.92 Å². The summed E-state index contributed by atoms with van der Waals surface area (Å²) in [5.74, 6) is -2.90. The van der Waals surface area contributed by atoms with Crippen LogP contribution in [0.3, 0.4) is 0 Å². The summed E-state index contributed by atoms with van der Waals surface area (Å²) in [6.07, 6.45) is 4.63. The summed E-state index contributed by atoms with van der Waals surface area (Å²) in [5.41, 5.74) is 0. The Kier molecular flexibility index (Phi) is 3.01. The van der Waals surface area contributed by atoms with E-state index in [1.54, 1.807) is 0 Å². The zero-order valence-electron chi connectivity index (χ0n) is 9.45. The van der Waals surface area contributed by atoms with Gasteiger partial charge in [0.2, 0.25) is 5.76 Å². The van der Waals surface area contributed by atoms with E-state index < -0.39 is 29.7 Å². The van der Waals surface area contributed by atoms with Crippen molar-refractivity contribution in [2.75, 3.05) is 0 Å². The van der Waals surface area contributed by atoms with Gasteiger partial charge in [0, 0.05) is 13.0 Å². The third kappa shape index (κ3) is 2.32. The topological polar surface area (TPSA) is 89.9 Å². The number of carboxylic acids is 1. The van der Waals surface area contributed by atoms with Gasteiger partial charge < -0.3 is 14.6 Å². The maximum Gasteiger partial charge on any atom is 0.371 e. The van der Waals surface area contributed by atoms with Crippen molar-refractivity contribution in [2.24, 2.45) is 5.92 Å². The predicted octanol–water partition coefficient (Wildman–Crippen LogP) is 0.556. The molecule has 2 atom stereocenters. The monoisotopic (exact) mass is 250 g/mol. The number of carbonyl (C=O) groups is 3. The Bertz CT molecular complexity index is 511. The van der Waals surface area contributed by atoms with Crippen molar-refractivity contribution in [2.45, 2.75) is 13.0 Å². The molecule has 0 aromatic heterocycles. The molecule has 6 nitrogen and oxygen atoms in total. The fourth-order valence-corrected chi connectivity index (χ4v) is 1.75. The van der Waals surface area contributed by atoms with Gasteiger partial charge in [0.25, 0.3) is 0 Å². The molecule has 0 bridgehead atoms. The van der Waals surface area contributed by atoms with Crippen molar-refractivity contribution < 1.29 is 29.0 Å². The van der Waals surface area contributed by atoms with Crippen molar-refractivity contribution >= 4 is 17.7 Å². The molecule has 0 saturated heterocycles. The summed E-state index contributed by atoms with van der Waals surface area (Å²) in [6, 6.07) is 0. The van der Waals surface area contributed by atoms with Crippen molar-refractivity contribution in [3.8, 4) is 0 Å². The van der Waals surface area contributed by atoms with Gasteiger partial charge >= 0.3 is 11.9 Å². The molecule has 2 aliphatic rings. The Balaban J connectivity index is 2.24. The molecule has 94 valence electrons. The number of carboxylic acid groups (broad SMARTS) is 1. The van der Waals surface area contributed by atoms with Crippen LogP contribution in [0.4, 0.5) is 0 Å². The van der Waals surface area contributed by atoms with Crippen molar-refractivity contribution in [1.82, 2.24) is 0 Å². The number of fused-ring (bicyclic) bond motifs is 1. The number of allylic oxidation sites excluding steroid dienone is 2. The zero-order chi connectivity index (χ0) is 13.3. The molecule has 0 aromatic rings. The van der Waals surface area contributed by atoms with Crippen LogP contribution in [-0.4, -0.2) is 28.9 Å². The second kappa shape index (κ2) is 4.48. The molecule has 0 amide bonds. The highest BCUT2D eigenvalue weighted by atomic mass is 16.5. The van der Waals surface area contributed by atoms with Gasteiger partial charge in [-0.3, -0.25) is 9.59 Å². The minimum atomic E-state index is -1.31. The molecule has 0 unspecified atom stereocenters. The summed E-state index contributed by atoms with van der Waals surface area (Å²) in [5, 5.41) is 8.79. The molecule has 2 rings (SSSR count). The summed E-state index contributed by atoms with van der Waals surface area (Å²) < 4.78 is 10.0. The molecule has 1 N–H and O–H groups in total. The lowest BCUT2D eigenvalue weighted by molar-refractivity contribution is -0.140. The van der Waals surface area contributed by atoms with Gasteiger partial charge in [0.1, 0.15) is 11.9 Å². The van der Waals surface area contributed by atoms with Crippen LogP contribution in [0.25, 0.3) is 0 Å². The summed E-state index contributed by atoms with van der Waals surface area (Å²) in [6.45, 7) is 1.25. The highest BCUT2D eigenvalue weighted by Crippen LogP contribution is 2.28. The first kappa shape index (κ1) is 12.1. The average molecular weight is 250 g/mol. The highest BCUT2D eigenvalue weighted by molar-refractivity contribution is 6.01. The largest absolute Gasteiger partial charge is 0.478 e. The van der Waals surface area contributed by atoms with Crippen molar-refractivity contribution in [3.05, 3.63) is 35.8 Å². The number of hydrogen-bond donors (Lipinski definition) is 1. The van der Waals surface area contributed by atoms with E-state index in [1.807, 2.05) is 0 Å². The molecule has 0 aromatic carbocycles. The Morgan fingerprint density at radius 3 is 2.78 bits per heavy atom. The number of aliphatic carboxylic acids is 1. The predicted molar refractivity (Wildman–Crippen MR) is 58.1 cm³/mol. The maximum absolute atomic E-state index is 11.7. The van der Waals surface area contributed by atoms with Crippen molar-refractivity contribution in [1.29, 1.82) is 0 Å². The maximum atomic E-state index is 11.7. The second-order valence-corrected chi connectivity index (χ2v) is 3.85. The van der Waals surface area contributed by atoms with Gasteiger partial charge in [0.15, 0.2) is 5.78 Å². The third-order valence-electron chi connectivity index (χ3n) is 2.49. The number of esters is 1. The molecule has 6 heteroatoms. The molecular formula is C12H10O6. The Morgan fingerprint density at radius 1 is 1.44 bits per heavy atom. The van der Waals surface area contributed by atoms with Crippen LogP contribution in [-0.2, 0) is 23.9 Å². The Morgan fingerprint density at radius 2 is 2.17 bits per heavy atom. The van der Waals surface area contributed by atoms with E-state index >= 15 is 0 Å². The third-order valence-corrected chi connectivity index (χ3v) is 2.49. The molecule has 1 heterocycles. The van der Waals surface area contributed by atoms with E-state index in [9.17, 15) is 14.4 Å². The lowest BCUT2D eigenvalue weighted by atomic mass is 9.90. The smallest absolute Gasteiger partial charge is 0.371 e. The van der Waals surface area contributed by atoms with Crippen LogP contribution < -0.4 is 0 Å². The summed E-state index contributed by atoms with van der Waals surface area (Å²) in [4.78, 5) is 33.2. The lowest BCUT2D eigenvalue weighted by Gasteiger charge is -2.28. The molecule has 0 spiro atoms. The molecule has 0 saturated carbocycles. The highest BCUT2D eigenvalue weighted by Gasteiger charge is 2.35. The molecule has 1 aliphatic carbocycles. The van der Waals surface area contributed by atoms with Crippen LogP contribution in [0.5, 0.6) is 0 Å². The van der Waals surface area contributed by atoms with Crippen LogP contribution in [0, 0.1) is 5.92 Å². The summed E-state index contributed by atoms with van der Waals surface area (Å²) in [7, 11) is 0. The number of carbonyl (C=O) groups excluding carboxylic acids is 2. The summed E-state index contributed by atoms with van der Waals surface area (Å²) >= 11 is 0. The van der Waals surface area contributed by atoms with Gasteiger partial charge in [-0.25, -0.2) is 4.79 Å². The normalized spacial score (nSPS) is 25.5. The quantitative estimate of drug-likeness (QED) is 0.720. The van der Waals surface area contributed by atoms with Crippen LogP contribution >= 0.6 is 0 Å². The molecule has 1 aliphatic heterocycles.